The maximum Gasteiger partial charge on any atom is 0.136 e. The molecule has 0 amide bonds. The van der Waals surface area contributed by atoms with Crippen LogP contribution in [0.4, 0.5) is 0 Å². The molecule has 1 heteroatoms. The van der Waals surface area contributed by atoms with Gasteiger partial charge in [-0.05, 0) is 107 Å². The van der Waals surface area contributed by atoms with Gasteiger partial charge in [-0.1, -0.05) is 41.9 Å². The Balaban J connectivity index is 1.22. The van der Waals surface area contributed by atoms with Crippen molar-refractivity contribution in [1.29, 1.82) is 0 Å². The van der Waals surface area contributed by atoms with Gasteiger partial charge in [-0.25, -0.2) is 0 Å². The van der Waals surface area contributed by atoms with Crippen LogP contribution >= 0.6 is 0 Å². The molecule has 0 bridgehead atoms. The summed E-state index contributed by atoms with van der Waals surface area (Å²) in [6.45, 7) is 4.63. The SMILES string of the molecule is CC1=CC=C(CCC(=O)C2CCC3C2CCC2C4CCC(C)CC4=CCC23)C1. The van der Waals surface area contributed by atoms with Gasteiger partial charge in [0.25, 0.3) is 0 Å². The van der Waals surface area contributed by atoms with Gasteiger partial charge in [0.05, 0.1) is 0 Å². The summed E-state index contributed by atoms with van der Waals surface area (Å²) in [5.41, 5.74) is 4.74. The van der Waals surface area contributed by atoms with E-state index >= 15 is 0 Å². The third kappa shape index (κ3) is 3.37. The second-order valence-corrected chi connectivity index (χ2v) is 10.9. The number of fused-ring (bicyclic) bond motifs is 5. The van der Waals surface area contributed by atoms with Crippen LogP contribution in [0.5, 0.6) is 0 Å². The summed E-state index contributed by atoms with van der Waals surface area (Å²) in [4.78, 5) is 13.1. The van der Waals surface area contributed by atoms with Crippen molar-refractivity contribution in [2.75, 3.05) is 0 Å². The van der Waals surface area contributed by atoms with Crippen molar-refractivity contribution in [3.8, 4) is 0 Å². The monoisotopic (exact) mass is 378 g/mol. The fourth-order valence-electron chi connectivity index (χ4n) is 7.90. The molecular formula is C27H38O. The van der Waals surface area contributed by atoms with Crippen molar-refractivity contribution in [3.63, 3.8) is 0 Å². The molecule has 0 heterocycles. The van der Waals surface area contributed by atoms with E-state index in [1.165, 1.54) is 62.5 Å². The van der Waals surface area contributed by atoms with Crippen LogP contribution in [0.2, 0.25) is 0 Å². The van der Waals surface area contributed by atoms with Crippen LogP contribution in [0.3, 0.4) is 0 Å². The number of rotatable bonds is 4. The van der Waals surface area contributed by atoms with E-state index in [1.54, 1.807) is 0 Å². The molecular weight excluding hydrogens is 340 g/mol. The molecule has 5 aliphatic rings. The van der Waals surface area contributed by atoms with Gasteiger partial charge in [0.1, 0.15) is 5.78 Å². The van der Waals surface area contributed by atoms with Crippen LogP contribution in [-0.4, -0.2) is 5.78 Å². The summed E-state index contributed by atoms with van der Waals surface area (Å²) in [6.07, 6.45) is 20.8. The molecule has 0 radical (unpaired) electrons. The standard InChI is InChI=1S/C27H38O/c1-17-3-5-19(15-17)6-14-27(28)26-13-12-24-23-9-7-20-16-18(2)4-8-21(20)22(23)10-11-25(24)26/h3,5,7,18,21-26H,4,6,8-16H2,1-2H3. The zero-order valence-electron chi connectivity index (χ0n) is 18.0. The molecule has 7 unspecified atom stereocenters. The van der Waals surface area contributed by atoms with E-state index in [0.29, 0.717) is 17.6 Å². The fourth-order valence-corrected chi connectivity index (χ4v) is 7.90. The van der Waals surface area contributed by atoms with E-state index in [2.05, 4.69) is 32.1 Å². The Morgan fingerprint density at radius 2 is 1.79 bits per heavy atom. The van der Waals surface area contributed by atoms with Crippen molar-refractivity contribution in [2.45, 2.75) is 84.5 Å². The molecule has 0 aromatic carbocycles. The van der Waals surface area contributed by atoms with Gasteiger partial charge in [-0.3, -0.25) is 4.79 Å². The van der Waals surface area contributed by atoms with Crippen LogP contribution in [-0.2, 0) is 4.79 Å². The van der Waals surface area contributed by atoms with E-state index in [-0.39, 0.29) is 0 Å². The summed E-state index contributed by atoms with van der Waals surface area (Å²) >= 11 is 0. The molecule has 1 nitrogen and oxygen atoms in total. The summed E-state index contributed by atoms with van der Waals surface area (Å²) in [6, 6.07) is 0. The molecule has 28 heavy (non-hydrogen) atoms. The van der Waals surface area contributed by atoms with E-state index in [0.717, 1.165) is 48.9 Å². The number of Topliss-reactive ketones (excluding diaryl/α,β-unsaturated/α-hetero) is 1. The molecule has 0 aliphatic heterocycles. The summed E-state index contributed by atoms with van der Waals surface area (Å²) in [5.74, 6) is 6.17. The maximum atomic E-state index is 13.1. The predicted molar refractivity (Wildman–Crippen MR) is 116 cm³/mol. The summed E-state index contributed by atoms with van der Waals surface area (Å²) in [5, 5.41) is 0. The van der Waals surface area contributed by atoms with Crippen molar-refractivity contribution in [2.24, 2.45) is 41.4 Å². The predicted octanol–water partition coefficient (Wildman–Crippen LogP) is 7.05. The Kier molecular flexibility index (Phi) is 5.14. The second-order valence-electron chi connectivity index (χ2n) is 10.9. The van der Waals surface area contributed by atoms with E-state index in [1.807, 2.05) is 5.57 Å². The van der Waals surface area contributed by atoms with E-state index < -0.39 is 0 Å². The molecule has 0 spiro atoms. The molecule has 152 valence electrons. The van der Waals surface area contributed by atoms with Gasteiger partial charge in [0.2, 0.25) is 0 Å². The first kappa shape index (κ1) is 18.9. The number of allylic oxidation sites excluding steroid dienone is 6. The van der Waals surface area contributed by atoms with Crippen LogP contribution in [0.15, 0.2) is 34.9 Å². The first-order chi connectivity index (χ1) is 13.6. The minimum Gasteiger partial charge on any atom is -0.299 e. The topological polar surface area (TPSA) is 17.1 Å². The highest BCUT2D eigenvalue weighted by Gasteiger charge is 2.50. The van der Waals surface area contributed by atoms with E-state index in [9.17, 15) is 4.79 Å². The van der Waals surface area contributed by atoms with Crippen LogP contribution < -0.4 is 0 Å². The molecule has 3 fully saturated rings. The quantitative estimate of drug-likeness (QED) is 0.479. The fraction of sp³-hybridized carbons (Fsp3) is 0.741. The highest BCUT2D eigenvalue weighted by molar-refractivity contribution is 5.82. The molecule has 0 saturated heterocycles. The minimum absolute atomic E-state index is 0.388. The van der Waals surface area contributed by atoms with Crippen molar-refractivity contribution in [1.82, 2.24) is 0 Å². The lowest BCUT2D eigenvalue weighted by Crippen LogP contribution is -2.41. The molecule has 0 N–H and O–H groups in total. The Bertz CT molecular complexity index is 723. The van der Waals surface area contributed by atoms with E-state index in [4.69, 9.17) is 0 Å². The Morgan fingerprint density at radius 1 is 0.964 bits per heavy atom. The Morgan fingerprint density at radius 3 is 2.61 bits per heavy atom. The summed E-state index contributed by atoms with van der Waals surface area (Å²) in [7, 11) is 0. The second kappa shape index (κ2) is 7.62. The van der Waals surface area contributed by atoms with Crippen LogP contribution in [0.25, 0.3) is 0 Å². The smallest absolute Gasteiger partial charge is 0.136 e. The molecule has 5 rings (SSSR count). The Hall–Kier alpha value is -1.11. The molecule has 3 saturated carbocycles. The first-order valence-electron chi connectivity index (χ1n) is 12.2. The first-order valence-corrected chi connectivity index (χ1v) is 12.2. The van der Waals surface area contributed by atoms with Gasteiger partial charge in [-0.2, -0.15) is 0 Å². The van der Waals surface area contributed by atoms with Crippen molar-refractivity contribution >= 4 is 5.78 Å². The molecule has 0 aromatic heterocycles. The molecule has 5 aliphatic carbocycles. The highest BCUT2D eigenvalue weighted by Crippen LogP contribution is 2.58. The Labute approximate surface area is 171 Å². The van der Waals surface area contributed by atoms with Crippen LogP contribution in [0, 0.1) is 41.4 Å². The lowest BCUT2D eigenvalue weighted by Gasteiger charge is -2.49. The third-order valence-electron chi connectivity index (χ3n) is 9.23. The highest BCUT2D eigenvalue weighted by atomic mass is 16.1. The number of carbonyl (C=O) groups is 1. The van der Waals surface area contributed by atoms with Crippen molar-refractivity contribution in [3.05, 3.63) is 34.9 Å². The number of carbonyl (C=O) groups excluding carboxylic acids is 1. The average molecular weight is 379 g/mol. The third-order valence-corrected chi connectivity index (χ3v) is 9.23. The maximum absolute atomic E-state index is 13.1. The molecule has 7 atom stereocenters. The summed E-state index contributed by atoms with van der Waals surface area (Å²) < 4.78 is 0. The van der Waals surface area contributed by atoms with Gasteiger partial charge in [0, 0.05) is 12.3 Å². The van der Waals surface area contributed by atoms with Gasteiger partial charge in [0.15, 0.2) is 0 Å². The number of hydrogen-bond donors (Lipinski definition) is 0. The van der Waals surface area contributed by atoms with Gasteiger partial charge < -0.3 is 0 Å². The normalized spacial score (nSPS) is 42.1. The van der Waals surface area contributed by atoms with Crippen LogP contribution in [0.1, 0.15) is 84.5 Å². The number of hydrogen-bond acceptors (Lipinski definition) is 1. The average Bonchev–Trinajstić information content (AvgIpc) is 3.31. The molecule has 0 aromatic rings. The zero-order chi connectivity index (χ0) is 19.3. The van der Waals surface area contributed by atoms with Crippen molar-refractivity contribution < 1.29 is 4.79 Å². The lowest BCUT2D eigenvalue weighted by molar-refractivity contribution is -0.125. The minimum atomic E-state index is 0.388. The lowest BCUT2D eigenvalue weighted by atomic mass is 9.55. The zero-order valence-corrected chi connectivity index (χ0v) is 18.0. The van der Waals surface area contributed by atoms with Gasteiger partial charge >= 0.3 is 0 Å². The number of ketones is 1. The van der Waals surface area contributed by atoms with Gasteiger partial charge in [-0.15, -0.1) is 0 Å². The largest absolute Gasteiger partial charge is 0.299 e.